The Labute approximate surface area is 105 Å². The summed E-state index contributed by atoms with van der Waals surface area (Å²) in [5.74, 6) is -1.08. The molecule has 1 aromatic carbocycles. The molecule has 0 radical (unpaired) electrons. The number of anilines is 1. The van der Waals surface area contributed by atoms with Crippen molar-refractivity contribution in [1.29, 1.82) is 0 Å². The molecule has 0 aromatic heterocycles. The van der Waals surface area contributed by atoms with Crippen LogP contribution >= 0.6 is 0 Å². The predicted octanol–water partition coefficient (Wildman–Crippen LogP) is 1.09. The van der Waals surface area contributed by atoms with Crippen LogP contribution in [-0.2, 0) is 4.79 Å². The molecule has 1 amide bonds. The predicted molar refractivity (Wildman–Crippen MR) is 67.5 cm³/mol. The van der Waals surface area contributed by atoms with Gasteiger partial charge in [0.1, 0.15) is 0 Å². The number of aliphatic carboxylic acids is 1. The number of primary amides is 1. The van der Waals surface area contributed by atoms with Crippen LogP contribution in [0.25, 0.3) is 0 Å². The third-order valence-corrected chi connectivity index (χ3v) is 3.26. The number of para-hydroxylation sites is 1. The molecule has 3 N–H and O–H groups in total. The summed E-state index contributed by atoms with van der Waals surface area (Å²) in [7, 11) is 0. The molecule has 1 aliphatic rings. The standard InChI is InChI=1S/C13H16N2O3/c14-13(18)10-3-1-2-4-11(10)15-6-5-9(8-15)7-12(16)17/h1-4,9H,5-8H2,(H2,14,18)(H,16,17). The largest absolute Gasteiger partial charge is 0.481 e. The van der Waals surface area contributed by atoms with Crippen LogP contribution < -0.4 is 10.6 Å². The Balaban J connectivity index is 2.14. The summed E-state index contributed by atoms with van der Waals surface area (Å²) in [5, 5.41) is 8.78. The maximum Gasteiger partial charge on any atom is 0.303 e. The zero-order valence-corrected chi connectivity index (χ0v) is 10.0. The number of nitrogens with two attached hydrogens (primary N) is 1. The summed E-state index contributed by atoms with van der Waals surface area (Å²) < 4.78 is 0. The summed E-state index contributed by atoms with van der Waals surface area (Å²) in [6, 6.07) is 7.17. The van der Waals surface area contributed by atoms with Gasteiger partial charge in [-0.15, -0.1) is 0 Å². The number of carboxylic acids is 1. The molecule has 1 saturated heterocycles. The number of hydrogen-bond acceptors (Lipinski definition) is 3. The SMILES string of the molecule is NC(=O)c1ccccc1N1CCC(CC(=O)O)C1. The second-order valence-electron chi connectivity index (χ2n) is 4.58. The van der Waals surface area contributed by atoms with Gasteiger partial charge in [-0.25, -0.2) is 0 Å². The number of nitrogens with zero attached hydrogens (tertiary/aromatic N) is 1. The van der Waals surface area contributed by atoms with E-state index in [0.717, 1.165) is 18.7 Å². The van der Waals surface area contributed by atoms with Crippen LogP contribution in [0.15, 0.2) is 24.3 Å². The van der Waals surface area contributed by atoms with Crippen molar-refractivity contribution in [2.75, 3.05) is 18.0 Å². The monoisotopic (exact) mass is 248 g/mol. The van der Waals surface area contributed by atoms with E-state index in [1.54, 1.807) is 12.1 Å². The van der Waals surface area contributed by atoms with Gasteiger partial charge in [-0.2, -0.15) is 0 Å². The van der Waals surface area contributed by atoms with Crippen molar-refractivity contribution < 1.29 is 14.7 Å². The van der Waals surface area contributed by atoms with E-state index in [1.807, 2.05) is 17.0 Å². The van der Waals surface area contributed by atoms with E-state index in [-0.39, 0.29) is 12.3 Å². The van der Waals surface area contributed by atoms with Crippen molar-refractivity contribution in [2.24, 2.45) is 11.7 Å². The van der Waals surface area contributed by atoms with E-state index in [9.17, 15) is 9.59 Å². The van der Waals surface area contributed by atoms with Crippen LogP contribution in [0.3, 0.4) is 0 Å². The molecule has 96 valence electrons. The van der Waals surface area contributed by atoms with Gasteiger partial charge in [0, 0.05) is 25.2 Å². The lowest BCUT2D eigenvalue weighted by atomic mass is 10.1. The van der Waals surface area contributed by atoms with Crippen molar-refractivity contribution in [2.45, 2.75) is 12.8 Å². The molecule has 1 aliphatic heterocycles. The molecule has 18 heavy (non-hydrogen) atoms. The molecule has 0 aliphatic carbocycles. The molecule has 1 unspecified atom stereocenters. The van der Waals surface area contributed by atoms with Crippen molar-refractivity contribution in [3.8, 4) is 0 Å². The van der Waals surface area contributed by atoms with Crippen molar-refractivity contribution in [3.63, 3.8) is 0 Å². The van der Waals surface area contributed by atoms with E-state index >= 15 is 0 Å². The zero-order valence-electron chi connectivity index (χ0n) is 10.0. The number of hydrogen-bond donors (Lipinski definition) is 2. The van der Waals surface area contributed by atoms with Gasteiger partial charge in [-0.3, -0.25) is 9.59 Å². The van der Waals surface area contributed by atoms with E-state index in [0.29, 0.717) is 12.1 Å². The van der Waals surface area contributed by atoms with E-state index in [2.05, 4.69) is 0 Å². The van der Waals surface area contributed by atoms with Crippen LogP contribution in [0, 0.1) is 5.92 Å². The van der Waals surface area contributed by atoms with Gasteiger partial charge in [0.05, 0.1) is 5.56 Å². The minimum Gasteiger partial charge on any atom is -0.481 e. The van der Waals surface area contributed by atoms with Gasteiger partial charge in [-0.05, 0) is 24.5 Å². The Morgan fingerprint density at radius 1 is 1.39 bits per heavy atom. The summed E-state index contributed by atoms with van der Waals surface area (Å²) in [6.45, 7) is 1.43. The molecule has 1 aromatic rings. The third kappa shape index (κ3) is 2.61. The lowest BCUT2D eigenvalue weighted by molar-refractivity contribution is -0.137. The van der Waals surface area contributed by atoms with Crippen LogP contribution in [0.1, 0.15) is 23.2 Å². The van der Waals surface area contributed by atoms with Crippen LogP contribution in [0.4, 0.5) is 5.69 Å². The molecule has 0 bridgehead atoms. The zero-order chi connectivity index (χ0) is 13.1. The quantitative estimate of drug-likeness (QED) is 0.835. The third-order valence-electron chi connectivity index (χ3n) is 3.26. The van der Waals surface area contributed by atoms with Crippen molar-refractivity contribution in [1.82, 2.24) is 0 Å². The minimum atomic E-state index is -0.773. The van der Waals surface area contributed by atoms with Gasteiger partial charge in [0.25, 0.3) is 5.91 Å². The molecule has 2 rings (SSSR count). The fourth-order valence-corrected chi connectivity index (χ4v) is 2.42. The van der Waals surface area contributed by atoms with Crippen molar-refractivity contribution >= 4 is 17.6 Å². The Morgan fingerprint density at radius 3 is 2.78 bits per heavy atom. The summed E-state index contributed by atoms with van der Waals surface area (Å²) >= 11 is 0. The van der Waals surface area contributed by atoms with Crippen LogP contribution in [-0.4, -0.2) is 30.1 Å². The molecule has 1 atom stereocenters. The summed E-state index contributed by atoms with van der Waals surface area (Å²) in [4.78, 5) is 24.1. The first-order valence-corrected chi connectivity index (χ1v) is 5.93. The van der Waals surface area contributed by atoms with Gasteiger partial charge in [0.2, 0.25) is 0 Å². The molecular formula is C13H16N2O3. The molecule has 0 spiro atoms. The number of carbonyl (C=O) groups excluding carboxylic acids is 1. The lowest BCUT2D eigenvalue weighted by Gasteiger charge is -2.20. The van der Waals surface area contributed by atoms with Crippen molar-refractivity contribution in [3.05, 3.63) is 29.8 Å². The van der Waals surface area contributed by atoms with Gasteiger partial charge < -0.3 is 15.7 Å². The molecular weight excluding hydrogens is 232 g/mol. The second kappa shape index (κ2) is 5.08. The highest BCUT2D eigenvalue weighted by Crippen LogP contribution is 2.28. The first-order chi connectivity index (χ1) is 8.58. The van der Waals surface area contributed by atoms with Crippen LogP contribution in [0.2, 0.25) is 0 Å². The maximum atomic E-state index is 11.3. The molecule has 0 saturated carbocycles. The fraction of sp³-hybridized carbons (Fsp3) is 0.385. The Morgan fingerprint density at radius 2 is 2.11 bits per heavy atom. The van der Waals surface area contributed by atoms with Gasteiger partial charge >= 0.3 is 5.97 Å². The molecule has 5 nitrogen and oxygen atoms in total. The fourth-order valence-electron chi connectivity index (χ4n) is 2.42. The van der Waals surface area contributed by atoms with Gasteiger partial charge in [-0.1, -0.05) is 12.1 Å². The topological polar surface area (TPSA) is 83.6 Å². The Hall–Kier alpha value is -2.04. The number of carbonyl (C=O) groups is 2. The number of amides is 1. The Kier molecular flexibility index (Phi) is 3.50. The normalized spacial score (nSPS) is 18.9. The van der Waals surface area contributed by atoms with Crippen LogP contribution in [0.5, 0.6) is 0 Å². The second-order valence-corrected chi connectivity index (χ2v) is 4.58. The summed E-state index contributed by atoms with van der Waals surface area (Å²) in [5.41, 5.74) is 6.64. The lowest BCUT2D eigenvalue weighted by Crippen LogP contribution is -2.24. The highest BCUT2D eigenvalue weighted by molar-refractivity contribution is 5.98. The molecule has 1 heterocycles. The first kappa shape index (κ1) is 12.4. The van der Waals surface area contributed by atoms with Gasteiger partial charge in [0.15, 0.2) is 0 Å². The highest BCUT2D eigenvalue weighted by atomic mass is 16.4. The molecule has 1 fully saturated rings. The average Bonchev–Trinajstić information content (AvgIpc) is 2.76. The number of rotatable bonds is 4. The molecule has 5 heteroatoms. The van der Waals surface area contributed by atoms with E-state index in [4.69, 9.17) is 10.8 Å². The maximum absolute atomic E-state index is 11.3. The highest BCUT2D eigenvalue weighted by Gasteiger charge is 2.26. The smallest absolute Gasteiger partial charge is 0.303 e. The first-order valence-electron chi connectivity index (χ1n) is 5.93. The van der Waals surface area contributed by atoms with E-state index in [1.165, 1.54) is 0 Å². The van der Waals surface area contributed by atoms with E-state index < -0.39 is 11.9 Å². The summed E-state index contributed by atoms with van der Waals surface area (Å²) in [6.07, 6.45) is 1.01. The number of benzene rings is 1. The minimum absolute atomic E-state index is 0.142. The average molecular weight is 248 g/mol. The Bertz CT molecular complexity index is 473. The number of carboxylic acid groups (broad SMARTS) is 1.